The number of hydrogen-bond acceptors (Lipinski definition) is 2. The van der Waals surface area contributed by atoms with E-state index in [-0.39, 0.29) is 0 Å². The molecule has 1 aromatic carbocycles. The van der Waals surface area contributed by atoms with Crippen molar-refractivity contribution in [2.75, 3.05) is 19.8 Å². The zero-order valence-corrected chi connectivity index (χ0v) is 11.3. The standard InChI is InChI=1S/C12H14BrClO2/c13-6-10-5-11(14)1-2-12(10)16-8-9-3-4-15-7-9/h1-2,5,9H,3-4,6-8H2. The second-order valence-corrected chi connectivity index (χ2v) is 4.92. The van der Waals surface area contributed by atoms with Crippen molar-refractivity contribution >= 4 is 27.5 Å². The highest BCUT2D eigenvalue weighted by Gasteiger charge is 2.16. The minimum atomic E-state index is 0.527. The quantitative estimate of drug-likeness (QED) is 0.791. The van der Waals surface area contributed by atoms with Gasteiger partial charge in [-0.2, -0.15) is 0 Å². The van der Waals surface area contributed by atoms with Crippen molar-refractivity contribution in [2.45, 2.75) is 11.8 Å². The van der Waals surface area contributed by atoms with Crippen molar-refractivity contribution in [3.05, 3.63) is 28.8 Å². The van der Waals surface area contributed by atoms with Gasteiger partial charge in [-0.3, -0.25) is 0 Å². The summed E-state index contributed by atoms with van der Waals surface area (Å²) in [5.41, 5.74) is 1.09. The zero-order chi connectivity index (χ0) is 11.4. The molecular formula is C12H14BrClO2. The Morgan fingerprint density at radius 2 is 2.38 bits per heavy atom. The van der Waals surface area contributed by atoms with E-state index in [9.17, 15) is 0 Å². The van der Waals surface area contributed by atoms with Crippen LogP contribution in [0.2, 0.25) is 5.02 Å². The number of hydrogen-bond donors (Lipinski definition) is 0. The average Bonchev–Trinajstić information content (AvgIpc) is 2.80. The lowest BCUT2D eigenvalue weighted by Crippen LogP contribution is -2.12. The summed E-state index contributed by atoms with van der Waals surface area (Å²) in [4.78, 5) is 0. The summed E-state index contributed by atoms with van der Waals surface area (Å²) in [5.74, 6) is 1.44. The fourth-order valence-corrected chi connectivity index (χ4v) is 2.35. The maximum Gasteiger partial charge on any atom is 0.123 e. The molecule has 1 atom stereocenters. The summed E-state index contributed by atoms with van der Waals surface area (Å²) in [7, 11) is 0. The van der Waals surface area contributed by atoms with Crippen LogP contribution < -0.4 is 4.74 Å². The lowest BCUT2D eigenvalue weighted by molar-refractivity contribution is 0.167. The molecular weight excluding hydrogens is 291 g/mol. The molecule has 2 rings (SSSR count). The van der Waals surface area contributed by atoms with Gasteiger partial charge in [-0.15, -0.1) is 0 Å². The van der Waals surface area contributed by atoms with Crippen LogP contribution in [0.3, 0.4) is 0 Å². The molecule has 1 aliphatic rings. The van der Waals surface area contributed by atoms with Gasteiger partial charge in [0.1, 0.15) is 5.75 Å². The van der Waals surface area contributed by atoms with Gasteiger partial charge < -0.3 is 9.47 Å². The normalized spacial score (nSPS) is 20.0. The van der Waals surface area contributed by atoms with E-state index in [1.807, 2.05) is 18.2 Å². The molecule has 0 amide bonds. The first-order chi connectivity index (χ1) is 7.79. The lowest BCUT2D eigenvalue weighted by Gasteiger charge is -2.13. The van der Waals surface area contributed by atoms with Crippen molar-refractivity contribution in [1.29, 1.82) is 0 Å². The molecule has 0 bridgehead atoms. The van der Waals surface area contributed by atoms with Gasteiger partial charge in [0.25, 0.3) is 0 Å². The number of ether oxygens (including phenoxy) is 2. The molecule has 1 fully saturated rings. The molecule has 0 saturated carbocycles. The number of alkyl halides is 1. The highest BCUT2D eigenvalue weighted by atomic mass is 79.9. The SMILES string of the molecule is Clc1ccc(OCC2CCOC2)c(CBr)c1. The third-order valence-corrected chi connectivity index (χ3v) is 3.50. The second-order valence-electron chi connectivity index (χ2n) is 3.93. The fourth-order valence-electron chi connectivity index (χ4n) is 1.72. The van der Waals surface area contributed by atoms with E-state index in [1.54, 1.807) is 0 Å². The molecule has 1 saturated heterocycles. The summed E-state index contributed by atoms with van der Waals surface area (Å²) in [5, 5.41) is 1.50. The Balaban J connectivity index is 1.97. The van der Waals surface area contributed by atoms with Crippen LogP contribution in [0.15, 0.2) is 18.2 Å². The number of benzene rings is 1. The molecule has 0 spiro atoms. The van der Waals surface area contributed by atoms with Crippen LogP contribution in [0.5, 0.6) is 5.75 Å². The average molecular weight is 306 g/mol. The van der Waals surface area contributed by atoms with E-state index >= 15 is 0 Å². The van der Waals surface area contributed by atoms with Crippen LogP contribution in [-0.2, 0) is 10.1 Å². The predicted molar refractivity (Wildman–Crippen MR) is 68.5 cm³/mol. The Morgan fingerprint density at radius 1 is 1.50 bits per heavy atom. The second kappa shape index (κ2) is 5.89. The highest BCUT2D eigenvalue weighted by molar-refractivity contribution is 9.08. The smallest absolute Gasteiger partial charge is 0.123 e. The van der Waals surface area contributed by atoms with Crippen molar-refractivity contribution in [3.63, 3.8) is 0 Å². The van der Waals surface area contributed by atoms with Crippen molar-refractivity contribution in [3.8, 4) is 5.75 Å². The van der Waals surface area contributed by atoms with E-state index in [2.05, 4.69) is 15.9 Å². The van der Waals surface area contributed by atoms with Gasteiger partial charge in [-0.05, 0) is 24.6 Å². The van der Waals surface area contributed by atoms with Crippen LogP contribution in [-0.4, -0.2) is 19.8 Å². The molecule has 16 heavy (non-hydrogen) atoms. The first-order valence-electron chi connectivity index (χ1n) is 5.34. The van der Waals surface area contributed by atoms with Crippen molar-refractivity contribution in [1.82, 2.24) is 0 Å². The third kappa shape index (κ3) is 3.12. The Labute approximate surface area is 109 Å². The van der Waals surface area contributed by atoms with Gasteiger partial charge in [0.15, 0.2) is 0 Å². The Kier molecular flexibility index (Phi) is 4.50. The Morgan fingerprint density at radius 3 is 3.06 bits per heavy atom. The maximum absolute atomic E-state index is 5.93. The van der Waals surface area contributed by atoms with E-state index in [0.29, 0.717) is 5.92 Å². The van der Waals surface area contributed by atoms with E-state index in [4.69, 9.17) is 21.1 Å². The molecule has 0 aromatic heterocycles. The van der Waals surface area contributed by atoms with Gasteiger partial charge in [0.05, 0.1) is 13.2 Å². The van der Waals surface area contributed by atoms with Crippen LogP contribution >= 0.6 is 27.5 Å². The minimum absolute atomic E-state index is 0.527. The molecule has 2 nitrogen and oxygen atoms in total. The molecule has 4 heteroatoms. The summed E-state index contributed by atoms with van der Waals surface area (Å²) >= 11 is 9.36. The molecule has 1 unspecified atom stereocenters. The minimum Gasteiger partial charge on any atom is -0.493 e. The van der Waals surface area contributed by atoms with Gasteiger partial charge in [-0.1, -0.05) is 27.5 Å². The first kappa shape index (κ1) is 12.2. The largest absolute Gasteiger partial charge is 0.493 e. The molecule has 1 aromatic rings. The van der Waals surface area contributed by atoms with E-state index < -0.39 is 0 Å². The van der Waals surface area contributed by atoms with E-state index in [0.717, 1.165) is 47.9 Å². The topological polar surface area (TPSA) is 18.5 Å². The van der Waals surface area contributed by atoms with Gasteiger partial charge in [0.2, 0.25) is 0 Å². The van der Waals surface area contributed by atoms with Crippen LogP contribution in [0.4, 0.5) is 0 Å². The Hall–Kier alpha value is -0.250. The summed E-state index contributed by atoms with van der Waals surface area (Å²) in [6.45, 7) is 2.40. The number of halogens is 2. The molecule has 1 heterocycles. The Bertz CT molecular complexity index is 351. The molecule has 0 N–H and O–H groups in total. The van der Waals surface area contributed by atoms with Crippen molar-refractivity contribution < 1.29 is 9.47 Å². The van der Waals surface area contributed by atoms with Crippen LogP contribution in [0.25, 0.3) is 0 Å². The first-order valence-corrected chi connectivity index (χ1v) is 6.84. The lowest BCUT2D eigenvalue weighted by atomic mass is 10.1. The fraction of sp³-hybridized carbons (Fsp3) is 0.500. The van der Waals surface area contributed by atoms with Crippen molar-refractivity contribution in [2.24, 2.45) is 5.92 Å². The number of rotatable bonds is 4. The molecule has 88 valence electrons. The highest BCUT2D eigenvalue weighted by Crippen LogP contribution is 2.26. The molecule has 0 radical (unpaired) electrons. The monoisotopic (exact) mass is 304 g/mol. The third-order valence-electron chi connectivity index (χ3n) is 2.67. The zero-order valence-electron chi connectivity index (χ0n) is 8.92. The summed E-state index contributed by atoms with van der Waals surface area (Å²) in [6.07, 6.45) is 1.09. The van der Waals surface area contributed by atoms with Crippen LogP contribution in [0, 0.1) is 5.92 Å². The molecule has 1 aliphatic heterocycles. The predicted octanol–water partition coefficient (Wildman–Crippen LogP) is 3.65. The van der Waals surface area contributed by atoms with Gasteiger partial charge in [-0.25, -0.2) is 0 Å². The van der Waals surface area contributed by atoms with Crippen LogP contribution in [0.1, 0.15) is 12.0 Å². The summed E-state index contributed by atoms with van der Waals surface area (Å²) in [6, 6.07) is 5.71. The van der Waals surface area contributed by atoms with E-state index in [1.165, 1.54) is 0 Å². The molecule has 0 aliphatic carbocycles. The van der Waals surface area contributed by atoms with Gasteiger partial charge >= 0.3 is 0 Å². The maximum atomic E-state index is 5.93. The summed E-state index contributed by atoms with van der Waals surface area (Å²) < 4.78 is 11.1. The van der Waals surface area contributed by atoms with Gasteiger partial charge in [0, 0.05) is 28.4 Å².